The van der Waals surface area contributed by atoms with Gasteiger partial charge in [-0.1, -0.05) is 41.4 Å². The molecule has 1 fully saturated rings. The molecule has 3 atom stereocenters. The molecule has 1 aliphatic rings. The molecule has 0 amide bonds. The Kier molecular flexibility index (Phi) is 4.86. The molecule has 0 radical (unpaired) electrons. The van der Waals surface area contributed by atoms with Crippen molar-refractivity contribution in [3.8, 4) is 0 Å². The average Bonchev–Trinajstić information content (AvgIpc) is 3.27. The third-order valence-electron chi connectivity index (χ3n) is 4.95. The Hall–Kier alpha value is -1.89. The minimum atomic E-state index is -3.88. The summed E-state index contributed by atoms with van der Waals surface area (Å²) >= 11 is 5.84. The van der Waals surface area contributed by atoms with E-state index in [2.05, 4.69) is 0 Å². The minimum Gasteiger partial charge on any atom is -0.481 e. The van der Waals surface area contributed by atoms with Gasteiger partial charge in [0.25, 0.3) is 0 Å². The van der Waals surface area contributed by atoms with Crippen molar-refractivity contribution in [2.24, 2.45) is 5.41 Å². The van der Waals surface area contributed by atoms with E-state index >= 15 is 0 Å². The number of hydrogen-bond donors (Lipinski definition) is 1. The summed E-state index contributed by atoms with van der Waals surface area (Å²) in [5.74, 6) is -1.85. The normalized spacial score (nSPS) is 25.0. The smallest absolute Gasteiger partial charge is 0.314 e. The summed E-state index contributed by atoms with van der Waals surface area (Å²) in [5.41, 5.74) is 0.180. The van der Waals surface area contributed by atoms with E-state index in [-0.39, 0.29) is 11.5 Å². The zero-order valence-electron chi connectivity index (χ0n) is 14.3. The first kappa shape index (κ1) is 18.9. The number of hydrogen-bond acceptors (Lipinski definition) is 4. The highest BCUT2D eigenvalue weighted by Gasteiger charge is 2.76. The van der Waals surface area contributed by atoms with Crippen LogP contribution in [0.25, 0.3) is 0 Å². The topological polar surface area (TPSA) is 80.7 Å². The number of sulfone groups is 1. The lowest BCUT2D eigenvalue weighted by molar-refractivity contribution is -0.145. The zero-order chi connectivity index (χ0) is 19.1. The number of aryl methyl sites for hydroxylation is 1. The molecule has 2 aromatic carbocycles. The van der Waals surface area contributed by atoms with Crippen LogP contribution in [-0.2, 0) is 19.4 Å². The van der Waals surface area contributed by atoms with Crippen molar-refractivity contribution in [1.29, 1.82) is 0 Å². The van der Waals surface area contributed by atoms with Crippen LogP contribution in [0.15, 0.2) is 53.4 Å². The fourth-order valence-corrected chi connectivity index (χ4v) is 6.09. The second-order valence-corrected chi connectivity index (χ2v) is 9.09. The van der Waals surface area contributed by atoms with E-state index in [1.165, 1.54) is 31.4 Å². The van der Waals surface area contributed by atoms with Crippen molar-refractivity contribution >= 4 is 27.4 Å². The van der Waals surface area contributed by atoms with Gasteiger partial charge in [0.15, 0.2) is 9.84 Å². The Bertz CT molecular complexity index is 921. The molecule has 2 aromatic rings. The van der Waals surface area contributed by atoms with E-state index in [1.807, 2.05) is 19.1 Å². The van der Waals surface area contributed by atoms with Gasteiger partial charge >= 0.3 is 5.97 Å². The molecule has 26 heavy (non-hydrogen) atoms. The van der Waals surface area contributed by atoms with Crippen LogP contribution in [0.4, 0.5) is 0 Å². The molecule has 1 N–H and O–H groups in total. The van der Waals surface area contributed by atoms with Gasteiger partial charge in [-0.2, -0.15) is 0 Å². The number of rotatable bonds is 6. The molecule has 0 bridgehead atoms. The minimum absolute atomic E-state index is 0.0586. The Morgan fingerprint density at radius 1 is 1.15 bits per heavy atom. The molecule has 138 valence electrons. The molecule has 0 aliphatic heterocycles. The number of halogens is 1. The molecule has 1 saturated carbocycles. The number of aliphatic carboxylic acids is 1. The first-order chi connectivity index (χ1) is 12.2. The Morgan fingerprint density at radius 3 is 2.23 bits per heavy atom. The number of carboxylic acids is 1. The van der Waals surface area contributed by atoms with Gasteiger partial charge in [0.1, 0.15) is 5.41 Å². The maximum atomic E-state index is 13.2. The number of benzene rings is 2. The average molecular weight is 395 g/mol. The van der Waals surface area contributed by atoms with E-state index in [9.17, 15) is 18.3 Å². The molecule has 0 aromatic heterocycles. The quantitative estimate of drug-likeness (QED) is 0.812. The lowest BCUT2D eigenvalue weighted by Crippen LogP contribution is -2.28. The first-order valence-electron chi connectivity index (χ1n) is 8.03. The lowest BCUT2D eigenvalue weighted by atomic mass is 9.99. The van der Waals surface area contributed by atoms with Crippen molar-refractivity contribution in [3.63, 3.8) is 0 Å². The monoisotopic (exact) mass is 394 g/mol. The van der Waals surface area contributed by atoms with Gasteiger partial charge in [-0.3, -0.25) is 4.79 Å². The van der Waals surface area contributed by atoms with Gasteiger partial charge in [-0.15, -0.1) is 0 Å². The zero-order valence-corrected chi connectivity index (χ0v) is 15.9. The van der Waals surface area contributed by atoms with Gasteiger partial charge in [0.05, 0.1) is 16.8 Å². The summed E-state index contributed by atoms with van der Waals surface area (Å²) in [5, 5.41) is 9.19. The van der Waals surface area contributed by atoms with Gasteiger partial charge in [0, 0.05) is 18.1 Å². The van der Waals surface area contributed by atoms with Gasteiger partial charge in [0.2, 0.25) is 0 Å². The van der Waals surface area contributed by atoms with Crippen molar-refractivity contribution in [2.75, 3.05) is 13.7 Å². The largest absolute Gasteiger partial charge is 0.481 e. The van der Waals surface area contributed by atoms with Crippen LogP contribution in [0, 0.1) is 12.3 Å². The molecular formula is C19H19ClO5S. The van der Waals surface area contributed by atoms with Crippen LogP contribution < -0.4 is 0 Å². The molecule has 3 rings (SSSR count). The molecule has 5 nitrogen and oxygen atoms in total. The second-order valence-electron chi connectivity index (χ2n) is 6.59. The second kappa shape index (κ2) is 6.68. The van der Waals surface area contributed by atoms with Crippen molar-refractivity contribution in [3.05, 3.63) is 64.7 Å². The van der Waals surface area contributed by atoms with Crippen LogP contribution in [0.3, 0.4) is 0 Å². The van der Waals surface area contributed by atoms with Crippen LogP contribution >= 0.6 is 11.6 Å². The van der Waals surface area contributed by atoms with Crippen LogP contribution in [-0.4, -0.2) is 38.5 Å². The van der Waals surface area contributed by atoms with Gasteiger partial charge < -0.3 is 9.84 Å². The maximum Gasteiger partial charge on any atom is 0.314 e. The Labute approximate surface area is 157 Å². The molecule has 1 aliphatic carbocycles. The van der Waals surface area contributed by atoms with Crippen LogP contribution in [0.2, 0.25) is 5.02 Å². The summed E-state index contributed by atoms with van der Waals surface area (Å²) in [7, 11) is -2.51. The molecule has 0 saturated heterocycles. The highest BCUT2D eigenvalue weighted by molar-refractivity contribution is 7.92. The summed E-state index contributed by atoms with van der Waals surface area (Å²) < 4.78 is 31.5. The standard InChI is InChI=1S/C19H19ClO5S/c1-12-3-5-13(6-4-12)16-17(19(16,11-25-2)18(21)22)26(23,24)15-9-7-14(20)8-10-15/h3-10,16-17H,11H2,1-2H3,(H,21,22)/t16-,17+,19-/m0/s1. The summed E-state index contributed by atoms with van der Waals surface area (Å²) in [6, 6.07) is 13.0. The molecule has 0 spiro atoms. The lowest BCUT2D eigenvalue weighted by Gasteiger charge is -2.12. The molecule has 0 heterocycles. The number of ether oxygens (including phenoxy) is 1. The van der Waals surface area contributed by atoms with E-state index < -0.39 is 32.4 Å². The molecule has 0 unspecified atom stereocenters. The maximum absolute atomic E-state index is 13.2. The van der Waals surface area contributed by atoms with Gasteiger partial charge in [-0.25, -0.2) is 8.42 Å². The van der Waals surface area contributed by atoms with Crippen LogP contribution in [0.5, 0.6) is 0 Å². The summed E-state index contributed by atoms with van der Waals surface area (Å²) in [6.07, 6.45) is 0. The summed E-state index contributed by atoms with van der Waals surface area (Å²) in [4.78, 5) is 12.2. The van der Waals surface area contributed by atoms with E-state index in [0.29, 0.717) is 10.6 Å². The first-order valence-corrected chi connectivity index (χ1v) is 9.96. The number of carbonyl (C=O) groups is 1. The highest BCUT2D eigenvalue weighted by Crippen LogP contribution is 2.64. The fraction of sp³-hybridized carbons (Fsp3) is 0.316. The van der Waals surface area contributed by atoms with Gasteiger partial charge in [-0.05, 0) is 36.8 Å². The van der Waals surface area contributed by atoms with Crippen molar-refractivity contribution in [1.82, 2.24) is 0 Å². The number of carboxylic acid groups (broad SMARTS) is 1. The Morgan fingerprint density at radius 2 is 1.73 bits per heavy atom. The third kappa shape index (κ3) is 2.92. The molecule has 7 heteroatoms. The third-order valence-corrected chi connectivity index (χ3v) is 7.49. The number of methoxy groups -OCH3 is 1. The highest BCUT2D eigenvalue weighted by atomic mass is 35.5. The molecular weight excluding hydrogens is 376 g/mol. The summed E-state index contributed by atoms with van der Waals surface area (Å²) in [6.45, 7) is 1.73. The SMILES string of the molecule is COC[C@@]1(C(=O)O)[C@H](S(=O)(=O)c2ccc(Cl)cc2)[C@@H]1c1ccc(C)cc1. The predicted molar refractivity (Wildman–Crippen MR) is 98.3 cm³/mol. The van der Waals surface area contributed by atoms with Crippen LogP contribution in [0.1, 0.15) is 17.0 Å². The van der Waals surface area contributed by atoms with E-state index in [0.717, 1.165) is 5.56 Å². The van der Waals surface area contributed by atoms with E-state index in [1.54, 1.807) is 12.1 Å². The van der Waals surface area contributed by atoms with E-state index in [4.69, 9.17) is 16.3 Å². The fourth-order valence-electron chi connectivity index (χ4n) is 3.60. The Balaban J connectivity index is 2.11. The van der Waals surface area contributed by atoms with Crippen molar-refractivity contribution in [2.45, 2.75) is 23.0 Å². The van der Waals surface area contributed by atoms with Crippen molar-refractivity contribution < 1.29 is 23.1 Å². The predicted octanol–water partition coefficient (Wildman–Crippen LogP) is 3.31.